The van der Waals surface area contributed by atoms with Gasteiger partial charge in [0.15, 0.2) is 0 Å². The van der Waals surface area contributed by atoms with Crippen LogP contribution >= 0.6 is 0 Å². The van der Waals surface area contributed by atoms with Crippen LogP contribution in [0.15, 0.2) is 61.1 Å². The summed E-state index contributed by atoms with van der Waals surface area (Å²) in [6.07, 6.45) is 3.73. The average molecular weight is 294 g/mol. The summed E-state index contributed by atoms with van der Waals surface area (Å²) < 4.78 is 1.90. The molecular weight excluding hydrogens is 276 g/mol. The van der Waals surface area contributed by atoms with Crippen molar-refractivity contribution < 1.29 is 5.11 Å². The quantitative estimate of drug-likeness (QED) is 0.776. The minimum Gasteiger partial charge on any atom is -0.508 e. The van der Waals surface area contributed by atoms with Crippen molar-refractivity contribution in [2.75, 3.05) is 12.1 Å². The van der Waals surface area contributed by atoms with Crippen molar-refractivity contribution in [3.63, 3.8) is 0 Å². The number of benzene rings is 2. The van der Waals surface area contributed by atoms with E-state index < -0.39 is 0 Å². The molecule has 22 heavy (non-hydrogen) atoms. The highest BCUT2D eigenvalue weighted by Crippen LogP contribution is 2.21. The maximum Gasteiger partial charge on any atom is 0.115 e. The van der Waals surface area contributed by atoms with Crippen molar-refractivity contribution in [1.29, 1.82) is 0 Å². The fourth-order valence-corrected chi connectivity index (χ4v) is 2.24. The molecule has 5 heteroatoms. The van der Waals surface area contributed by atoms with Gasteiger partial charge in [0.25, 0.3) is 0 Å². The number of aromatic hydroxyl groups is 1. The van der Waals surface area contributed by atoms with Gasteiger partial charge in [-0.25, -0.2) is 9.66 Å². The van der Waals surface area contributed by atoms with Gasteiger partial charge in [0, 0.05) is 19.2 Å². The number of aromatic nitrogens is 2. The molecule has 3 aromatic rings. The van der Waals surface area contributed by atoms with E-state index in [0.717, 1.165) is 22.5 Å². The van der Waals surface area contributed by atoms with Crippen LogP contribution in [0.4, 0.5) is 5.69 Å². The predicted molar refractivity (Wildman–Crippen MR) is 87.5 cm³/mol. The van der Waals surface area contributed by atoms with Crippen LogP contribution in [0.25, 0.3) is 11.3 Å². The van der Waals surface area contributed by atoms with Crippen molar-refractivity contribution in [3.8, 4) is 17.0 Å². The highest BCUT2D eigenvalue weighted by molar-refractivity contribution is 5.59. The summed E-state index contributed by atoms with van der Waals surface area (Å²) in [6.45, 7) is 0.540. The van der Waals surface area contributed by atoms with E-state index in [1.807, 2.05) is 59.3 Å². The predicted octanol–water partition coefficient (Wildman–Crippen LogP) is 2.61. The topological polar surface area (TPSA) is 67.3 Å². The molecule has 0 amide bonds. The molecule has 0 bridgehead atoms. The smallest absolute Gasteiger partial charge is 0.115 e. The first-order chi connectivity index (χ1) is 10.7. The molecule has 0 radical (unpaired) electrons. The molecule has 0 fully saturated rings. The van der Waals surface area contributed by atoms with E-state index in [4.69, 9.17) is 5.73 Å². The first-order valence-electron chi connectivity index (χ1n) is 7.04. The van der Waals surface area contributed by atoms with Crippen LogP contribution in [-0.4, -0.2) is 21.8 Å². The zero-order chi connectivity index (χ0) is 15.5. The van der Waals surface area contributed by atoms with Crippen LogP contribution < -0.4 is 10.7 Å². The third-order valence-electron chi connectivity index (χ3n) is 3.62. The highest BCUT2D eigenvalue weighted by Gasteiger charge is 2.07. The zero-order valence-electron chi connectivity index (χ0n) is 12.3. The lowest BCUT2D eigenvalue weighted by molar-refractivity contribution is 0.475. The number of phenols is 1. The van der Waals surface area contributed by atoms with Crippen molar-refractivity contribution >= 4 is 5.69 Å². The molecule has 5 nitrogen and oxygen atoms in total. The van der Waals surface area contributed by atoms with Crippen LogP contribution in [0.5, 0.6) is 5.75 Å². The van der Waals surface area contributed by atoms with E-state index >= 15 is 0 Å². The number of nitrogens with two attached hydrogens (primary N) is 1. The molecule has 112 valence electrons. The van der Waals surface area contributed by atoms with Gasteiger partial charge in [-0.2, -0.15) is 0 Å². The minimum absolute atomic E-state index is 0.253. The van der Waals surface area contributed by atoms with E-state index in [1.54, 1.807) is 18.5 Å². The molecule has 1 heterocycles. The lowest BCUT2D eigenvalue weighted by Crippen LogP contribution is -2.22. The Kier molecular flexibility index (Phi) is 3.80. The monoisotopic (exact) mass is 294 g/mol. The summed E-state index contributed by atoms with van der Waals surface area (Å²) in [5.41, 5.74) is 9.62. The molecule has 0 spiro atoms. The lowest BCUT2D eigenvalue weighted by Gasteiger charge is -2.19. The Morgan fingerprint density at radius 3 is 2.41 bits per heavy atom. The Hall–Kier alpha value is -2.79. The molecule has 0 saturated heterocycles. The summed E-state index contributed by atoms with van der Waals surface area (Å²) >= 11 is 0. The average Bonchev–Trinajstić information content (AvgIpc) is 3.05. The second-order valence-electron chi connectivity index (χ2n) is 5.08. The van der Waals surface area contributed by atoms with E-state index in [1.165, 1.54) is 0 Å². The summed E-state index contributed by atoms with van der Waals surface area (Å²) in [6, 6.07) is 15.1. The molecule has 0 aliphatic heterocycles. The highest BCUT2D eigenvalue weighted by atomic mass is 16.3. The van der Waals surface area contributed by atoms with Crippen molar-refractivity contribution in [1.82, 2.24) is 9.66 Å². The van der Waals surface area contributed by atoms with Gasteiger partial charge in [0.1, 0.15) is 12.1 Å². The Bertz CT molecular complexity index is 747. The van der Waals surface area contributed by atoms with Crippen molar-refractivity contribution in [2.45, 2.75) is 6.54 Å². The summed E-state index contributed by atoms with van der Waals surface area (Å²) in [4.78, 5) is 4.45. The first kappa shape index (κ1) is 14.2. The van der Waals surface area contributed by atoms with Gasteiger partial charge in [0.05, 0.1) is 17.6 Å². The number of rotatable bonds is 4. The van der Waals surface area contributed by atoms with E-state index in [2.05, 4.69) is 4.98 Å². The van der Waals surface area contributed by atoms with Gasteiger partial charge in [-0.3, -0.25) is 5.01 Å². The summed E-state index contributed by atoms with van der Waals surface area (Å²) in [7, 11) is 1.94. The van der Waals surface area contributed by atoms with Gasteiger partial charge in [-0.1, -0.05) is 24.3 Å². The third kappa shape index (κ3) is 2.80. The SMILES string of the molecule is CN(c1ccc(O)cc1)n1cnc(-c2ccc(CN)cc2)c1. The second kappa shape index (κ2) is 5.91. The largest absolute Gasteiger partial charge is 0.508 e. The zero-order valence-corrected chi connectivity index (χ0v) is 12.3. The number of imidazole rings is 1. The molecule has 0 saturated carbocycles. The number of hydrogen-bond donors (Lipinski definition) is 2. The van der Waals surface area contributed by atoms with Crippen LogP contribution in [-0.2, 0) is 6.54 Å². The lowest BCUT2D eigenvalue weighted by atomic mass is 10.1. The molecule has 1 aromatic heterocycles. The van der Waals surface area contributed by atoms with Crippen LogP contribution in [0, 0.1) is 0 Å². The van der Waals surface area contributed by atoms with Crippen molar-refractivity contribution in [2.24, 2.45) is 5.73 Å². The van der Waals surface area contributed by atoms with Gasteiger partial charge in [-0.15, -0.1) is 0 Å². The van der Waals surface area contributed by atoms with E-state index in [9.17, 15) is 5.11 Å². The molecule has 0 atom stereocenters. The Morgan fingerprint density at radius 1 is 1.09 bits per heavy atom. The second-order valence-corrected chi connectivity index (χ2v) is 5.08. The van der Waals surface area contributed by atoms with Gasteiger partial charge < -0.3 is 10.8 Å². The minimum atomic E-state index is 0.253. The standard InChI is InChI=1S/C17H18N4O/c1-20(15-6-8-16(22)9-7-15)21-11-17(19-12-21)14-4-2-13(10-18)3-5-14/h2-9,11-12,22H,10,18H2,1H3. The van der Waals surface area contributed by atoms with E-state index in [0.29, 0.717) is 6.54 Å². The van der Waals surface area contributed by atoms with Gasteiger partial charge in [0.2, 0.25) is 0 Å². The molecule has 2 aromatic carbocycles. The number of nitrogens with zero attached hydrogens (tertiary/aromatic N) is 3. The number of hydrogen-bond acceptors (Lipinski definition) is 4. The fourth-order valence-electron chi connectivity index (χ4n) is 2.24. The molecule has 3 rings (SSSR count). The van der Waals surface area contributed by atoms with Crippen molar-refractivity contribution in [3.05, 3.63) is 66.6 Å². The fraction of sp³-hybridized carbons (Fsp3) is 0.118. The normalized spacial score (nSPS) is 10.6. The van der Waals surface area contributed by atoms with Crippen LogP contribution in [0.3, 0.4) is 0 Å². The molecule has 3 N–H and O–H groups in total. The molecular formula is C17H18N4O. The van der Waals surface area contributed by atoms with Crippen LogP contribution in [0.1, 0.15) is 5.56 Å². The number of anilines is 1. The Labute approximate surface area is 129 Å². The summed E-state index contributed by atoms with van der Waals surface area (Å²) in [5, 5.41) is 11.3. The molecule has 0 aliphatic rings. The molecule has 0 unspecified atom stereocenters. The Balaban J connectivity index is 1.84. The van der Waals surface area contributed by atoms with E-state index in [-0.39, 0.29) is 5.75 Å². The third-order valence-corrected chi connectivity index (χ3v) is 3.62. The van der Waals surface area contributed by atoms with Crippen LogP contribution in [0.2, 0.25) is 0 Å². The van der Waals surface area contributed by atoms with Gasteiger partial charge in [-0.05, 0) is 29.8 Å². The molecule has 0 aliphatic carbocycles. The summed E-state index contributed by atoms with van der Waals surface area (Å²) in [5.74, 6) is 0.253. The van der Waals surface area contributed by atoms with Gasteiger partial charge >= 0.3 is 0 Å². The maximum atomic E-state index is 9.36. The first-order valence-corrected chi connectivity index (χ1v) is 7.04. The number of phenolic OH excluding ortho intramolecular Hbond substituents is 1. The Morgan fingerprint density at radius 2 is 1.77 bits per heavy atom. The maximum absolute atomic E-state index is 9.36.